The molecule has 0 aliphatic carbocycles. The molecule has 121 valence electrons. The Hall–Kier alpha value is -3.04. The quantitative estimate of drug-likeness (QED) is 0.261. The van der Waals surface area contributed by atoms with E-state index in [4.69, 9.17) is 11.6 Å². The number of fused-ring (bicyclic) bond motifs is 1. The van der Waals surface area contributed by atoms with Crippen molar-refractivity contribution in [2.45, 2.75) is 6.92 Å². The number of nitrogens with zero attached hydrogens (tertiary/aromatic N) is 3. The number of nitrogens with one attached hydrogen (secondary N) is 1. The molecule has 1 N–H and O–H groups in total. The predicted molar refractivity (Wildman–Crippen MR) is 83.7 cm³/mol. The molecule has 0 aliphatic heterocycles. The normalized spacial score (nSPS) is 10.5. The SMILES string of the molecule is Cc1ccn[c-]c1-n1c(=O)[nH]c(=O)c2cc(P)c(Cl)nc21.[Lr]. The van der Waals surface area contributed by atoms with Gasteiger partial charge in [-0.3, -0.25) is 14.3 Å². The fraction of sp³-hybridized carbons (Fsp3) is 0.0769. The van der Waals surface area contributed by atoms with Crippen LogP contribution in [0.2, 0.25) is 5.15 Å². The van der Waals surface area contributed by atoms with Crippen LogP contribution in [0.4, 0.5) is 0 Å². The first-order valence-electron chi connectivity index (χ1n) is 5.94. The van der Waals surface area contributed by atoms with Gasteiger partial charge in [0.1, 0.15) is 5.15 Å². The number of hydrogen-bond donors (Lipinski definition) is 1. The number of aromatic nitrogens is 4. The molecule has 3 aromatic rings. The minimum atomic E-state index is -0.611. The number of rotatable bonds is 1. The van der Waals surface area contributed by atoms with Crippen LogP contribution in [0.25, 0.3) is 16.7 Å². The van der Waals surface area contributed by atoms with Gasteiger partial charge in [-0.15, -0.1) is 14.8 Å². The Morgan fingerprint density at radius 1 is 1.41 bits per heavy atom. The van der Waals surface area contributed by atoms with Crippen LogP contribution in [0.3, 0.4) is 0 Å². The van der Waals surface area contributed by atoms with E-state index in [1.54, 1.807) is 18.3 Å². The van der Waals surface area contributed by atoms with Gasteiger partial charge in [-0.1, -0.05) is 30.9 Å². The van der Waals surface area contributed by atoms with E-state index in [1.165, 1.54) is 4.57 Å². The van der Waals surface area contributed by atoms with Crippen LogP contribution >= 0.6 is 20.8 Å². The number of halogens is 1. The van der Waals surface area contributed by atoms with E-state index in [1.807, 2.05) is 6.92 Å². The summed E-state index contributed by atoms with van der Waals surface area (Å²) in [6.45, 7) is 1.81. The van der Waals surface area contributed by atoms with E-state index in [2.05, 4.69) is 30.4 Å². The van der Waals surface area contributed by atoms with Gasteiger partial charge in [0.25, 0.3) is 5.56 Å². The molecule has 0 fully saturated rings. The third-order valence-corrected chi connectivity index (χ3v) is 3.96. The van der Waals surface area contributed by atoms with E-state index in [-0.39, 0.29) is 16.2 Å². The Bertz CT molecular complexity index is 986. The van der Waals surface area contributed by atoms with Crippen molar-refractivity contribution >= 4 is 37.2 Å². The summed E-state index contributed by atoms with van der Waals surface area (Å²) >= 11 is 6.01. The van der Waals surface area contributed by atoms with Crippen molar-refractivity contribution in [3.05, 3.63) is 56.1 Å². The molecule has 6 nitrogen and oxygen atoms in total. The van der Waals surface area contributed by atoms with Crippen molar-refractivity contribution < 1.29 is 0 Å². The van der Waals surface area contributed by atoms with Crippen LogP contribution in [0.1, 0.15) is 5.56 Å². The van der Waals surface area contributed by atoms with Gasteiger partial charge in [0.05, 0.1) is 5.39 Å². The topological polar surface area (TPSA) is 80.6 Å². The Balaban J connectivity index is 0.00000176. The van der Waals surface area contributed by atoms with Gasteiger partial charge in [0.15, 0.2) is 5.65 Å². The molecule has 0 amide bonds. The first kappa shape index (κ1) is 15.4. The van der Waals surface area contributed by atoms with Crippen LogP contribution in [0, 0.1) is 13.1 Å². The zero-order chi connectivity index (χ0) is 15.1. The molecule has 0 bridgehead atoms. The summed E-state index contributed by atoms with van der Waals surface area (Å²) in [5.41, 5.74) is 0.241. The fourth-order valence-corrected chi connectivity index (χ4v) is 2.37. The third kappa shape index (κ3) is 2.24. The minimum absolute atomic E-state index is 0. The average molecular weight is 582 g/mol. The van der Waals surface area contributed by atoms with Gasteiger partial charge < -0.3 is 4.98 Å². The molecular weight excluding hydrogens is 573 g/mol. The molecule has 0 saturated carbocycles. The standard InChI is InChI=1S/C13H9ClN4O2P.Lr/c1-6-2-3-15-5-8(6)18-11-7(12(19)17-13(18)20)4-9(21)10(14)16-11;/h2-4H,21H2,1H3,(H,17,19,20);/q-1;. The molecule has 3 heterocycles. The summed E-state index contributed by atoms with van der Waals surface area (Å²) in [6, 6.07) is 3.30. The summed E-state index contributed by atoms with van der Waals surface area (Å²) in [6.07, 6.45) is 4.31. The van der Waals surface area contributed by atoms with Crippen molar-refractivity contribution in [1.82, 2.24) is 19.5 Å². The number of aromatic amines is 1. The first-order chi connectivity index (χ1) is 9.99. The van der Waals surface area contributed by atoms with E-state index >= 15 is 0 Å². The molecule has 3 rings (SSSR count). The number of aryl methyl sites for hydroxylation is 1. The van der Waals surface area contributed by atoms with Crippen molar-refractivity contribution in [2.75, 3.05) is 0 Å². The fourth-order valence-electron chi connectivity index (χ4n) is 2.00. The molecule has 1 radical (unpaired) electrons. The molecular formula is C13H9ClLrN4O2P-. The Morgan fingerprint density at radius 2 is 2.14 bits per heavy atom. The van der Waals surface area contributed by atoms with Gasteiger partial charge >= 0.3 is 5.69 Å². The maximum Gasteiger partial charge on any atom is 0.332 e. The molecule has 0 aromatic carbocycles. The largest absolute Gasteiger partial charge is 0.392 e. The monoisotopic (exact) mass is 581 g/mol. The number of pyridine rings is 2. The molecule has 0 spiro atoms. The summed E-state index contributed by atoms with van der Waals surface area (Å²) in [5.74, 6) is 0. The predicted octanol–water partition coefficient (Wildman–Crippen LogP) is 0.731. The van der Waals surface area contributed by atoms with Gasteiger partial charge in [-0.2, -0.15) is 6.07 Å². The first-order valence-corrected chi connectivity index (χ1v) is 6.89. The summed E-state index contributed by atoms with van der Waals surface area (Å²) in [5, 5.41) is 1.04. The van der Waals surface area contributed by atoms with Crippen molar-refractivity contribution in [3.63, 3.8) is 0 Å². The second kappa shape index (κ2) is 5.39. The van der Waals surface area contributed by atoms with Gasteiger partial charge in [0.2, 0.25) is 0 Å². The third-order valence-electron chi connectivity index (χ3n) is 3.03. The van der Waals surface area contributed by atoms with Crippen molar-refractivity contribution in [1.29, 1.82) is 0 Å². The molecule has 9 heteroatoms. The van der Waals surface area contributed by atoms with Crippen molar-refractivity contribution in [3.8, 4) is 5.69 Å². The van der Waals surface area contributed by atoms with Gasteiger partial charge in [-0.25, -0.2) is 9.78 Å². The van der Waals surface area contributed by atoms with Crippen LogP contribution in [0.15, 0.2) is 27.9 Å². The van der Waals surface area contributed by atoms with Crippen LogP contribution < -0.4 is 16.6 Å². The maximum atomic E-state index is 12.2. The second-order valence-electron chi connectivity index (χ2n) is 4.42. The Kier molecular flexibility index (Phi) is 3.76. The molecule has 0 aliphatic rings. The molecule has 1 unspecified atom stereocenters. The maximum absolute atomic E-state index is 12.2. The molecule has 0 saturated heterocycles. The summed E-state index contributed by atoms with van der Waals surface area (Å²) < 4.78 is 1.25. The number of H-pyrrole nitrogens is 1. The average Bonchev–Trinajstić information content (AvgIpc) is 2.43. The second-order valence-corrected chi connectivity index (χ2v) is 5.40. The van der Waals surface area contributed by atoms with Crippen LogP contribution in [-0.2, 0) is 0 Å². The summed E-state index contributed by atoms with van der Waals surface area (Å²) in [4.78, 5) is 34.4. The zero-order valence-electron chi connectivity index (χ0n) is 11.1. The molecule has 1 atom stereocenters. The minimum Gasteiger partial charge on any atom is -0.392 e. The van der Waals surface area contributed by atoms with Gasteiger partial charge in [-0.05, 0) is 11.8 Å². The zero-order valence-corrected chi connectivity index (χ0v) is 15.2. The van der Waals surface area contributed by atoms with E-state index in [9.17, 15) is 9.59 Å². The van der Waals surface area contributed by atoms with Gasteiger partial charge in [0, 0.05) is 5.30 Å². The Morgan fingerprint density at radius 3 is 2.82 bits per heavy atom. The van der Waals surface area contributed by atoms with Crippen LogP contribution in [-0.4, -0.2) is 19.5 Å². The summed E-state index contributed by atoms with van der Waals surface area (Å²) in [7, 11) is 2.39. The smallest absolute Gasteiger partial charge is 0.332 e. The molecule has 22 heavy (non-hydrogen) atoms. The van der Waals surface area contributed by atoms with E-state index in [0.29, 0.717) is 11.0 Å². The molecule has 3 aromatic heterocycles. The Labute approximate surface area is 126 Å². The van der Waals surface area contributed by atoms with Crippen molar-refractivity contribution in [2.24, 2.45) is 0 Å². The van der Waals surface area contributed by atoms with E-state index < -0.39 is 11.2 Å². The number of hydrogen-bond acceptors (Lipinski definition) is 4. The van der Waals surface area contributed by atoms with E-state index in [0.717, 1.165) is 5.56 Å². The van der Waals surface area contributed by atoms with Crippen LogP contribution in [0.5, 0.6) is 0 Å².